The van der Waals surface area contributed by atoms with Crippen LogP contribution in [0.4, 0.5) is 0 Å². The van der Waals surface area contributed by atoms with E-state index in [1.54, 1.807) is 6.07 Å². The SMILES string of the molecule is COc1ccc(S(=O)(=O)N2CCN(CC(O)CO)CC2)cc1OC. The van der Waals surface area contributed by atoms with Crippen molar-refractivity contribution < 1.29 is 28.1 Å². The molecule has 1 aromatic rings. The fourth-order valence-corrected chi connectivity index (χ4v) is 4.07. The van der Waals surface area contributed by atoms with Gasteiger partial charge < -0.3 is 19.7 Å². The quantitative estimate of drug-likeness (QED) is 0.667. The van der Waals surface area contributed by atoms with Crippen LogP contribution in [-0.2, 0) is 10.0 Å². The number of benzene rings is 1. The number of piperazine rings is 1. The summed E-state index contributed by atoms with van der Waals surface area (Å²) in [7, 11) is -0.668. The predicted octanol–water partition coefficient (Wildman–Crippen LogP) is -0.637. The topological polar surface area (TPSA) is 99.5 Å². The molecule has 0 bridgehead atoms. The van der Waals surface area contributed by atoms with E-state index in [4.69, 9.17) is 14.6 Å². The molecule has 0 saturated carbocycles. The normalized spacial score (nSPS) is 18.3. The van der Waals surface area contributed by atoms with Crippen LogP contribution in [0, 0.1) is 0 Å². The number of β-amino-alcohol motifs (C(OH)–C–C–N with tert-alkyl or cyclic N) is 1. The Balaban J connectivity index is 2.09. The fourth-order valence-electron chi connectivity index (χ4n) is 2.63. The molecule has 9 heteroatoms. The maximum absolute atomic E-state index is 12.8. The van der Waals surface area contributed by atoms with Crippen molar-refractivity contribution >= 4 is 10.0 Å². The van der Waals surface area contributed by atoms with E-state index in [0.29, 0.717) is 44.2 Å². The Hall–Kier alpha value is -1.39. The van der Waals surface area contributed by atoms with E-state index in [1.807, 2.05) is 4.90 Å². The molecule has 1 fully saturated rings. The summed E-state index contributed by atoms with van der Waals surface area (Å²) in [5.74, 6) is 0.836. The van der Waals surface area contributed by atoms with Gasteiger partial charge in [-0.2, -0.15) is 4.31 Å². The van der Waals surface area contributed by atoms with Crippen LogP contribution in [0.3, 0.4) is 0 Å². The number of rotatable bonds is 7. The smallest absolute Gasteiger partial charge is 0.243 e. The van der Waals surface area contributed by atoms with Gasteiger partial charge in [-0.3, -0.25) is 4.90 Å². The molecular weight excluding hydrogens is 336 g/mol. The second kappa shape index (κ2) is 8.13. The molecular formula is C15H24N2O6S. The van der Waals surface area contributed by atoms with Crippen molar-refractivity contribution in [1.29, 1.82) is 0 Å². The zero-order chi connectivity index (χ0) is 17.7. The summed E-state index contributed by atoms with van der Waals surface area (Å²) in [5, 5.41) is 18.4. The van der Waals surface area contributed by atoms with Crippen LogP contribution in [0.15, 0.2) is 23.1 Å². The Morgan fingerprint density at radius 3 is 2.29 bits per heavy atom. The summed E-state index contributed by atoms with van der Waals surface area (Å²) >= 11 is 0. The number of hydrogen-bond donors (Lipinski definition) is 2. The van der Waals surface area contributed by atoms with Crippen molar-refractivity contribution in [3.8, 4) is 11.5 Å². The highest BCUT2D eigenvalue weighted by molar-refractivity contribution is 7.89. The average Bonchev–Trinajstić information content (AvgIpc) is 2.61. The van der Waals surface area contributed by atoms with Crippen molar-refractivity contribution in [2.75, 3.05) is 53.6 Å². The summed E-state index contributed by atoms with van der Waals surface area (Å²) < 4.78 is 37.2. The molecule has 1 saturated heterocycles. The van der Waals surface area contributed by atoms with Crippen molar-refractivity contribution in [2.45, 2.75) is 11.0 Å². The molecule has 0 aliphatic carbocycles. The second-order valence-corrected chi connectivity index (χ2v) is 7.50. The van der Waals surface area contributed by atoms with Crippen LogP contribution in [0.2, 0.25) is 0 Å². The molecule has 8 nitrogen and oxygen atoms in total. The van der Waals surface area contributed by atoms with E-state index in [0.717, 1.165) is 0 Å². The van der Waals surface area contributed by atoms with E-state index in [-0.39, 0.29) is 11.5 Å². The molecule has 24 heavy (non-hydrogen) atoms. The third-order valence-electron chi connectivity index (χ3n) is 4.00. The van der Waals surface area contributed by atoms with Gasteiger partial charge in [0, 0.05) is 38.8 Å². The van der Waals surface area contributed by atoms with E-state index in [2.05, 4.69) is 0 Å². The molecule has 1 aliphatic heterocycles. The average molecular weight is 360 g/mol. The zero-order valence-electron chi connectivity index (χ0n) is 13.9. The number of aliphatic hydroxyl groups excluding tert-OH is 2. The summed E-state index contributed by atoms with van der Waals surface area (Å²) in [6, 6.07) is 4.52. The molecule has 2 N–H and O–H groups in total. The van der Waals surface area contributed by atoms with Crippen LogP contribution >= 0.6 is 0 Å². The lowest BCUT2D eigenvalue weighted by Crippen LogP contribution is -2.50. The van der Waals surface area contributed by atoms with Gasteiger partial charge in [0.25, 0.3) is 0 Å². The maximum atomic E-state index is 12.8. The Kier molecular flexibility index (Phi) is 6.41. The third-order valence-corrected chi connectivity index (χ3v) is 5.90. The third kappa shape index (κ3) is 4.17. The number of methoxy groups -OCH3 is 2. The molecule has 0 radical (unpaired) electrons. The predicted molar refractivity (Wildman–Crippen MR) is 87.8 cm³/mol. The van der Waals surface area contributed by atoms with E-state index in [1.165, 1.54) is 30.7 Å². The van der Waals surface area contributed by atoms with Gasteiger partial charge in [-0.1, -0.05) is 0 Å². The van der Waals surface area contributed by atoms with Gasteiger partial charge in [0.15, 0.2) is 11.5 Å². The van der Waals surface area contributed by atoms with Crippen LogP contribution in [-0.4, -0.2) is 87.5 Å². The van der Waals surface area contributed by atoms with E-state index in [9.17, 15) is 13.5 Å². The number of aliphatic hydroxyl groups is 2. The first-order chi connectivity index (χ1) is 11.4. The molecule has 0 aromatic heterocycles. The summed E-state index contributed by atoms with van der Waals surface area (Å²) in [6.07, 6.45) is -0.806. The Morgan fingerprint density at radius 2 is 1.75 bits per heavy atom. The minimum atomic E-state index is -3.62. The lowest BCUT2D eigenvalue weighted by atomic mass is 10.3. The van der Waals surface area contributed by atoms with Gasteiger partial charge in [-0.25, -0.2) is 8.42 Å². The molecule has 1 unspecified atom stereocenters. The first-order valence-electron chi connectivity index (χ1n) is 7.65. The minimum absolute atomic E-state index is 0.156. The number of nitrogens with zero attached hydrogens (tertiary/aromatic N) is 2. The minimum Gasteiger partial charge on any atom is -0.493 e. The lowest BCUT2D eigenvalue weighted by molar-refractivity contribution is 0.0491. The molecule has 2 rings (SSSR count). The number of sulfonamides is 1. The lowest BCUT2D eigenvalue weighted by Gasteiger charge is -2.34. The van der Waals surface area contributed by atoms with Crippen LogP contribution in [0.25, 0.3) is 0 Å². The molecule has 136 valence electrons. The van der Waals surface area contributed by atoms with Crippen LogP contribution in [0.1, 0.15) is 0 Å². The van der Waals surface area contributed by atoms with Crippen molar-refractivity contribution in [3.63, 3.8) is 0 Å². The van der Waals surface area contributed by atoms with Gasteiger partial charge >= 0.3 is 0 Å². The highest BCUT2D eigenvalue weighted by Crippen LogP contribution is 2.30. The van der Waals surface area contributed by atoms with Crippen LogP contribution in [0.5, 0.6) is 11.5 Å². The maximum Gasteiger partial charge on any atom is 0.243 e. The summed E-state index contributed by atoms with van der Waals surface area (Å²) in [4.78, 5) is 2.09. The van der Waals surface area contributed by atoms with E-state index < -0.39 is 16.1 Å². The second-order valence-electron chi connectivity index (χ2n) is 5.56. The fraction of sp³-hybridized carbons (Fsp3) is 0.600. The van der Waals surface area contributed by atoms with Crippen molar-refractivity contribution in [2.24, 2.45) is 0 Å². The first kappa shape index (κ1) is 18.9. The molecule has 0 amide bonds. The monoisotopic (exact) mass is 360 g/mol. The van der Waals surface area contributed by atoms with Crippen molar-refractivity contribution in [3.05, 3.63) is 18.2 Å². The molecule has 1 heterocycles. The molecule has 1 atom stereocenters. The Bertz CT molecular complexity index is 643. The largest absolute Gasteiger partial charge is 0.493 e. The molecule has 0 spiro atoms. The summed E-state index contributed by atoms with van der Waals surface area (Å²) in [5.41, 5.74) is 0. The Morgan fingerprint density at radius 1 is 1.12 bits per heavy atom. The van der Waals surface area contributed by atoms with Gasteiger partial charge in [0.05, 0.1) is 31.8 Å². The van der Waals surface area contributed by atoms with Gasteiger partial charge in [-0.05, 0) is 12.1 Å². The zero-order valence-corrected chi connectivity index (χ0v) is 14.7. The number of ether oxygens (including phenoxy) is 2. The highest BCUT2D eigenvalue weighted by Gasteiger charge is 2.29. The molecule has 1 aliphatic rings. The first-order valence-corrected chi connectivity index (χ1v) is 9.09. The van der Waals surface area contributed by atoms with E-state index >= 15 is 0 Å². The van der Waals surface area contributed by atoms with Gasteiger partial charge in [0.1, 0.15) is 0 Å². The number of hydrogen-bond acceptors (Lipinski definition) is 7. The standard InChI is InChI=1S/C15H24N2O6S/c1-22-14-4-3-13(9-15(14)23-2)24(20,21)17-7-5-16(6-8-17)10-12(19)11-18/h3-4,9,12,18-19H,5-8,10-11H2,1-2H3. The van der Waals surface area contributed by atoms with Gasteiger partial charge in [0.2, 0.25) is 10.0 Å². The molecule has 1 aromatic carbocycles. The summed E-state index contributed by atoms with van der Waals surface area (Å²) in [6.45, 7) is 1.70. The highest BCUT2D eigenvalue weighted by atomic mass is 32.2. The van der Waals surface area contributed by atoms with Gasteiger partial charge in [-0.15, -0.1) is 0 Å². The van der Waals surface area contributed by atoms with Crippen LogP contribution < -0.4 is 9.47 Å². The Labute approximate surface area is 142 Å². The van der Waals surface area contributed by atoms with Crippen molar-refractivity contribution in [1.82, 2.24) is 9.21 Å².